The summed E-state index contributed by atoms with van der Waals surface area (Å²) in [7, 11) is 0. The van der Waals surface area contributed by atoms with E-state index in [0.717, 1.165) is 18.7 Å². The monoisotopic (exact) mass is 193 g/mol. The van der Waals surface area contributed by atoms with Crippen molar-refractivity contribution in [1.29, 1.82) is 0 Å². The normalized spacial score (nSPS) is 24.5. The van der Waals surface area contributed by atoms with Gasteiger partial charge in [0.15, 0.2) is 0 Å². The molecule has 0 spiro atoms. The summed E-state index contributed by atoms with van der Waals surface area (Å²) in [6.45, 7) is 2.27. The van der Waals surface area contributed by atoms with E-state index in [1.807, 2.05) is 30.3 Å². The van der Waals surface area contributed by atoms with Crippen LogP contribution < -0.4 is 5.32 Å². The second-order valence-corrected chi connectivity index (χ2v) is 3.47. The van der Waals surface area contributed by atoms with Crippen molar-refractivity contribution in [2.75, 3.05) is 19.7 Å². The Morgan fingerprint density at radius 2 is 2.14 bits per heavy atom. The van der Waals surface area contributed by atoms with Crippen LogP contribution in [0.2, 0.25) is 0 Å². The molecule has 0 aromatic heterocycles. The fraction of sp³-hybridized carbons (Fsp3) is 0.455. The molecule has 1 saturated heterocycles. The maximum absolute atomic E-state index is 9.98. The molecule has 1 fully saturated rings. The Morgan fingerprint density at radius 3 is 2.79 bits per heavy atom. The largest absolute Gasteiger partial charge is 0.386 e. The van der Waals surface area contributed by atoms with E-state index in [0.29, 0.717) is 6.61 Å². The zero-order valence-electron chi connectivity index (χ0n) is 8.02. The Labute approximate surface area is 83.7 Å². The summed E-state index contributed by atoms with van der Waals surface area (Å²) in [6, 6.07) is 9.63. The number of ether oxygens (including phenoxy) is 1. The minimum atomic E-state index is -0.524. The van der Waals surface area contributed by atoms with Gasteiger partial charge in [0, 0.05) is 13.1 Å². The van der Waals surface area contributed by atoms with Crippen molar-refractivity contribution in [3.05, 3.63) is 35.9 Å². The minimum Gasteiger partial charge on any atom is -0.386 e. The number of aliphatic hydroxyl groups excluding tert-OH is 1. The molecule has 2 rings (SSSR count). The first-order valence-electron chi connectivity index (χ1n) is 4.93. The van der Waals surface area contributed by atoms with Gasteiger partial charge in [0.05, 0.1) is 12.7 Å². The van der Waals surface area contributed by atoms with E-state index in [-0.39, 0.29) is 6.10 Å². The Hall–Kier alpha value is -0.900. The molecule has 0 saturated carbocycles. The van der Waals surface area contributed by atoms with Gasteiger partial charge in [0.2, 0.25) is 0 Å². The van der Waals surface area contributed by atoms with Crippen molar-refractivity contribution >= 4 is 0 Å². The van der Waals surface area contributed by atoms with Crippen molar-refractivity contribution in [2.24, 2.45) is 0 Å². The van der Waals surface area contributed by atoms with Crippen molar-refractivity contribution in [1.82, 2.24) is 5.32 Å². The Bertz CT molecular complexity index is 270. The Kier molecular flexibility index (Phi) is 3.14. The fourth-order valence-corrected chi connectivity index (χ4v) is 1.65. The summed E-state index contributed by atoms with van der Waals surface area (Å²) in [6.07, 6.45) is -0.643. The number of benzene rings is 1. The highest BCUT2D eigenvalue weighted by atomic mass is 16.5. The van der Waals surface area contributed by atoms with E-state index in [2.05, 4.69) is 5.32 Å². The first-order chi connectivity index (χ1) is 6.88. The number of nitrogens with one attached hydrogen (secondary N) is 1. The third-order valence-corrected chi connectivity index (χ3v) is 2.45. The maximum atomic E-state index is 9.98. The molecular weight excluding hydrogens is 178 g/mol. The van der Waals surface area contributed by atoms with Crippen LogP contribution in [-0.2, 0) is 4.74 Å². The minimum absolute atomic E-state index is 0.119. The summed E-state index contributed by atoms with van der Waals surface area (Å²) in [5.41, 5.74) is 0.918. The van der Waals surface area contributed by atoms with Crippen LogP contribution in [0.15, 0.2) is 30.3 Å². The molecule has 0 bridgehead atoms. The second-order valence-electron chi connectivity index (χ2n) is 3.47. The fourth-order valence-electron chi connectivity index (χ4n) is 1.65. The molecule has 1 heterocycles. The lowest BCUT2D eigenvalue weighted by Crippen LogP contribution is -2.41. The first-order valence-corrected chi connectivity index (χ1v) is 4.93. The molecule has 0 unspecified atom stereocenters. The van der Waals surface area contributed by atoms with E-state index in [1.54, 1.807) is 0 Å². The smallest absolute Gasteiger partial charge is 0.106 e. The molecule has 1 aromatic carbocycles. The van der Waals surface area contributed by atoms with Crippen LogP contribution in [-0.4, -0.2) is 30.9 Å². The molecule has 1 aliphatic heterocycles. The van der Waals surface area contributed by atoms with Crippen LogP contribution >= 0.6 is 0 Å². The van der Waals surface area contributed by atoms with Gasteiger partial charge in [-0.2, -0.15) is 0 Å². The molecule has 0 aliphatic carbocycles. The van der Waals surface area contributed by atoms with Crippen LogP contribution in [0.4, 0.5) is 0 Å². The molecule has 1 aromatic rings. The van der Waals surface area contributed by atoms with E-state index in [9.17, 15) is 5.11 Å². The number of hydrogen-bond donors (Lipinski definition) is 2. The van der Waals surface area contributed by atoms with Crippen LogP contribution in [0.5, 0.6) is 0 Å². The number of aliphatic hydroxyl groups is 1. The topological polar surface area (TPSA) is 41.5 Å². The molecule has 3 nitrogen and oxygen atoms in total. The summed E-state index contributed by atoms with van der Waals surface area (Å²) in [5.74, 6) is 0. The predicted molar refractivity (Wildman–Crippen MR) is 54.0 cm³/mol. The quantitative estimate of drug-likeness (QED) is 0.726. The van der Waals surface area contributed by atoms with Crippen molar-refractivity contribution < 1.29 is 9.84 Å². The Morgan fingerprint density at radius 1 is 1.36 bits per heavy atom. The molecule has 0 amide bonds. The van der Waals surface area contributed by atoms with Gasteiger partial charge in [-0.25, -0.2) is 0 Å². The highest BCUT2D eigenvalue weighted by Gasteiger charge is 2.23. The van der Waals surface area contributed by atoms with Gasteiger partial charge in [-0.3, -0.25) is 0 Å². The van der Waals surface area contributed by atoms with Gasteiger partial charge >= 0.3 is 0 Å². The highest BCUT2D eigenvalue weighted by Crippen LogP contribution is 2.19. The number of rotatable bonds is 2. The van der Waals surface area contributed by atoms with E-state index in [4.69, 9.17) is 4.74 Å². The molecule has 14 heavy (non-hydrogen) atoms. The molecule has 0 radical (unpaired) electrons. The van der Waals surface area contributed by atoms with Gasteiger partial charge in [-0.1, -0.05) is 30.3 Å². The molecule has 1 aliphatic rings. The predicted octanol–water partition coefficient (Wildman–Crippen LogP) is 0.708. The third kappa shape index (κ3) is 2.12. The lowest BCUT2D eigenvalue weighted by Gasteiger charge is -2.27. The van der Waals surface area contributed by atoms with Crippen molar-refractivity contribution in [3.8, 4) is 0 Å². The average Bonchev–Trinajstić information content (AvgIpc) is 2.30. The number of hydrogen-bond acceptors (Lipinski definition) is 3. The molecular formula is C11H15NO2. The maximum Gasteiger partial charge on any atom is 0.106 e. The molecule has 2 atom stereocenters. The van der Waals surface area contributed by atoms with Crippen LogP contribution in [0.1, 0.15) is 11.7 Å². The average molecular weight is 193 g/mol. The SMILES string of the molecule is O[C@@H](c1ccccc1)[C@@H]1CNCCO1. The van der Waals surface area contributed by atoms with Crippen LogP contribution in [0.3, 0.4) is 0 Å². The summed E-state index contributed by atoms with van der Waals surface area (Å²) in [5, 5.41) is 13.2. The van der Waals surface area contributed by atoms with Gasteiger partial charge in [0.1, 0.15) is 6.10 Å². The van der Waals surface area contributed by atoms with E-state index in [1.165, 1.54) is 0 Å². The van der Waals surface area contributed by atoms with Gasteiger partial charge in [-0.15, -0.1) is 0 Å². The number of morpholine rings is 1. The highest BCUT2D eigenvalue weighted by molar-refractivity contribution is 5.18. The van der Waals surface area contributed by atoms with Crippen molar-refractivity contribution in [2.45, 2.75) is 12.2 Å². The van der Waals surface area contributed by atoms with E-state index >= 15 is 0 Å². The van der Waals surface area contributed by atoms with Crippen LogP contribution in [0.25, 0.3) is 0 Å². The summed E-state index contributed by atoms with van der Waals surface area (Å²) >= 11 is 0. The summed E-state index contributed by atoms with van der Waals surface area (Å²) < 4.78 is 5.48. The lowest BCUT2D eigenvalue weighted by atomic mass is 10.0. The first kappa shape index (κ1) is 9.65. The molecule has 3 heteroatoms. The van der Waals surface area contributed by atoms with Gasteiger partial charge in [-0.05, 0) is 5.56 Å². The lowest BCUT2D eigenvalue weighted by molar-refractivity contribution is -0.0536. The van der Waals surface area contributed by atoms with Crippen LogP contribution in [0, 0.1) is 0 Å². The van der Waals surface area contributed by atoms with E-state index < -0.39 is 6.10 Å². The zero-order valence-corrected chi connectivity index (χ0v) is 8.02. The Balaban J connectivity index is 2.03. The zero-order chi connectivity index (χ0) is 9.80. The standard InChI is InChI=1S/C11H15NO2/c13-11(9-4-2-1-3-5-9)10-8-12-6-7-14-10/h1-5,10-13H,6-8H2/t10-,11-/m0/s1. The molecule has 2 N–H and O–H groups in total. The summed E-state index contributed by atoms with van der Waals surface area (Å²) in [4.78, 5) is 0. The third-order valence-electron chi connectivity index (χ3n) is 2.45. The molecule has 76 valence electrons. The second kappa shape index (κ2) is 4.55. The van der Waals surface area contributed by atoms with Crippen molar-refractivity contribution in [3.63, 3.8) is 0 Å². The van der Waals surface area contributed by atoms with Gasteiger partial charge in [0.25, 0.3) is 0 Å². The van der Waals surface area contributed by atoms with Gasteiger partial charge < -0.3 is 15.2 Å².